The molecular weight excluding hydrogens is 412 g/mol. The van der Waals surface area contributed by atoms with E-state index in [0.29, 0.717) is 30.1 Å². The average Bonchev–Trinajstić information content (AvgIpc) is 3.12. The zero-order chi connectivity index (χ0) is 24.4. The summed E-state index contributed by atoms with van der Waals surface area (Å²) in [5, 5.41) is 0. The van der Waals surface area contributed by atoms with E-state index in [-0.39, 0.29) is 23.3 Å². The lowest BCUT2D eigenvalue weighted by atomic mass is 9.45. The van der Waals surface area contributed by atoms with Crippen molar-refractivity contribution in [1.29, 1.82) is 0 Å². The van der Waals surface area contributed by atoms with Crippen LogP contribution in [0.3, 0.4) is 0 Å². The van der Waals surface area contributed by atoms with Gasteiger partial charge in [0.2, 0.25) is 0 Å². The Hall–Kier alpha value is -1.06. The van der Waals surface area contributed by atoms with Crippen molar-refractivity contribution in [2.24, 2.45) is 52.3 Å². The molecule has 8 atom stereocenters. The molecule has 0 N–H and O–H groups in total. The van der Waals surface area contributed by atoms with Crippen molar-refractivity contribution >= 4 is 11.9 Å². The molecule has 0 saturated heterocycles. The third kappa shape index (κ3) is 5.30. The molecule has 3 aliphatic rings. The van der Waals surface area contributed by atoms with Crippen molar-refractivity contribution in [3.05, 3.63) is 0 Å². The first-order valence-corrected chi connectivity index (χ1v) is 13.7. The molecule has 0 aliphatic heterocycles. The summed E-state index contributed by atoms with van der Waals surface area (Å²) in [7, 11) is 2.96. The molecule has 0 aromatic rings. The zero-order valence-corrected chi connectivity index (χ0v) is 22.5. The minimum absolute atomic E-state index is 0.135. The average molecular weight is 463 g/mol. The van der Waals surface area contributed by atoms with Gasteiger partial charge >= 0.3 is 11.9 Å². The van der Waals surface area contributed by atoms with E-state index >= 15 is 0 Å². The predicted molar refractivity (Wildman–Crippen MR) is 132 cm³/mol. The fraction of sp³-hybridized carbons (Fsp3) is 0.931. The lowest BCUT2D eigenvalue weighted by molar-refractivity contribution is -0.159. The molecule has 3 saturated carbocycles. The van der Waals surface area contributed by atoms with E-state index in [2.05, 4.69) is 34.6 Å². The lowest BCUT2D eigenvalue weighted by Gasteiger charge is -2.59. The van der Waals surface area contributed by atoms with Gasteiger partial charge in [-0.15, -0.1) is 0 Å². The molecular formula is C29H50O4. The second-order valence-electron chi connectivity index (χ2n) is 12.7. The zero-order valence-electron chi connectivity index (χ0n) is 22.5. The Bertz CT molecular complexity index is 687. The van der Waals surface area contributed by atoms with Gasteiger partial charge < -0.3 is 9.47 Å². The molecule has 3 fully saturated rings. The van der Waals surface area contributed by atoms with Crippen LogP contribution in [0, 0.1) is 52.3 Å². The first-order chi connectivity index (χ1) is 15.6. The number of ether oxygens (including phenoxy) is 2. The molecule has 0 bridgehead atoms. The largest absolute Gasteiger partial charge is 0.469 e. The Morgan fingerprint density at radius 2 is 1.58 bits per heavy atom. The van der Waals surface area contributed by atoms with Gasteiger partial charge in [-0.05, 0) is 90.8 Å². The SMILES string of the molecule is COC(=O)C[C@@H]1CC[C@@H]2[C@H](CC[C@]3(C)[C@@H]([C@H](C)CCCC(C)C)CC[C@@H]23)[C@@]1(C)CC(=O)OC. The van der Waals surface area contributed by atoms with Gasteiger partial charge in [-0.25, -0.2) is 0 Å². The van der Waals surface area contributed by atoms with Crippen molar-refractivity contribution in [3.63, 3.8) is 0 Å². The number of hydrogen-bond donors (Lipinski definition) is 0. The van der Waals surface area contributed by atoms with Gasteiger partial charge in [0.1, 0.15) is 0 Å². The van der Waals surface area contributed by atoms with E-state index in [1.807, 2.05) is 0 Å². The van der Waals surface area contributed by atoms with Crippen molar-refractivity contribution in [3.8, 4) is 0 Å². The highest BCUT2D eigenvalue weighted by molar-refractivity contribution is 5.71. The van der Waals surface area contributed by atoms with Crippen LogP contribution >= 0.6 is 0 Å². The molecule has 3 rings (SSSR count). The first kappa shape index (κ1) is 26.5. The third-order valence-electron chi connectivity index (χ3n) is 10.7. The van der Waals surface area contributed by atoms with E-state index in [1.165, 1.54) is 65.6 Å². The standard InChI is InChI=1S/C29H50O4/c1-19(2)9-8-10-20(3)23-13-14-24-22-12-11-21(17-26(30)32-6)29(5,18-27(31)33-7)25(22)15-16-28(23,24)4/h19-25H,8-18H2,1-7H3/t20-,21+,22+,23-,24+,25+,28-,29+/m1/s1. The Labute approximate surface area is 202 Å². The summed E-state index contributed by atoms with van der Waals surface area (Å²) >= 11 is 0. The number of fused-ring (bicyclic) bond motifs is 3. The van der Waals surface area contributed by atoms with Crippen LogP contribution in [-0.4, -0.2) is 26.2 Å². The van der Waals surface area contributed by atoms with Crippen molar-refractivity contribution < 1.29 is 19.1 Å². The van der Waals surface area contributed by atoms with Crippen LogP contribution in [0.2, 0.25) is 0 Å². The second kappa shape index (κ2) is 10.7. The van der Waals surface area contributed by atoms with Gasteiger partial charge in [-0.3, -0.25) is 9.59 Å². The number of esters is 2. The van der Waals surface area contributed by atoms with Gasteiger partial charge in [0.15, 0.2) is 0 Å². The summed E-state index contributed by atoms with van der Waals surface area (Å²) in [6.45, 7) is 12.1. The summed E-state index contributed by atoms with van der Waals surface area (Å²) in [6, 6.07) is 0. The van der Waals surface area contributed by atoms with Crippen molar-refractivity contribution in [2.45, 2.75) is 105 Å². The molecule has 0 spiro atoms. The van der Waals surface area contributed by atoms with Crippen LogP contribution in [0.1, 0.15) is 105 Å². The van der Waals surface area contributed by atoms with E-state index < -0.39 is 0 Å². The minimum atomic E-state index is -0.188. The molecule has 190 valence electrons. The van der Waals surface area contributed by atoms with E-state index in [0.717, 1.165) is 30.1 Å². The number of carbonyl (C=O) groups excluding carboxylic acids is 2. The topological polar surface area (TPSA) is 52.6 Å². The van der Waals surface area contributed by atoms with Gasteiger partial charge in [0.25, 0.3) is 0 Å². The monoisotopic (exact) mass is 462 g/mol. The molecule has 4 nitrogen and oxygen atoms in total. The quantitative estimate of drug-likeness (QED) is 0.344. The van der Waals surface area contributed by atoms with E-state index in [1.54, 1.807) is 0 Å². The fourth-order valence-electron chi connectivity index (χ4n) is 8.84. The highest BCUT2D eigenvalue weighted by atomic mass is 16.5. The van der Waals surface area contributed by atoms with Crippen molar-refractivity contribution in [2.75, 3.05) is 14.2 Å². The normalized spacial score (nSPS) is 39.0. The third-order valence-corrected chi connectivity index (χ3v) is 10.7. The van der Waals surface area contributed by atoms with E-state index in [9.17, 15) is 9.59 Å². The number of rotatable bonds is 9. The summed E-state index contributed by atoms with van der Waals surface area (Å²) in [5.41, 5.74) is 0.242. The highest BCUT2D eigenvalue weighted by Crippen LogP contribution is 2.67. The van der Waals surface area contributed by atoms with Crippen LogP contribution < -0.4 is 0 Å². The van der Waals surface area contributed by atoms with Crippen LogP contribution in [0.25, 0.3) is 0 Å². The number of methoxy groups -OCH3 is 2. The van der Waals surface area contributed by atoms with Gasteiger partial charge in [-0.2, -0.15) is 0 Å². The van der Waals surface area contributed by atoms with E-state index in [4.69, 9.17) is 9.47 Å². The lowest BCUT2D eigenvalue weighted by Crippen LogP contribution is -2.53. The maximum absolute atomic E-state index is 12.5. The molecule has 0 radical (unpaired) electrons. The Kier molecular flexibility index (Phi) is 8.60. The van der Waals surface area contributed by atoms with Gasteiger partial charge in [-0.1, -0.05) is 53.9 Å². The Balaban J connectivity index is 1.79. The summed E-state index contributed by atoms with van der Waals surface area (Å²) in [5.74, 6) is 4.26. The molecule has 0 aromatic heterocycles. The van der Waals surface area contributed by atoms with Gasteiger partial charge in [0.05, 0.1) is 20.6 Å². The Morgan fingerprint density at radius 3 is 2.21 bits per heavy atom. The first-order valence-electron chi connectivity index (χ1n) is 13.7. The summed E-state index contributed by atoms with van der Waals surface area (Å²) in [4.78, 5) is 24.7. The van der Waals surface area contributed by atoms with Crippen LogP contribution in [0.5, 0.6) is 0 Å². The highest BCUT2D eigenvalue weighted by Gasteiger charge is 2.60. The smallest absolute Gasteiger partial charge is 0.306 e. The number of carbonyl (C=O) groups is 2. The van der Waals surface area contributed by atoms with Crippen LogP contribution in [-0.2, 0) is 19.1 Å². The molecule has 0 amide bonds. The second-order valence-corrected chi connectivity index (χ2v) is 12.7. The molecule has 0 aromatic carbocycles. The van der Waals surface area contributed by atoms with Crippen LogP contribution in [0.15, 0.2) is 0 Å². The maximum Gasteiger partial charge on any atom is 0.306 e. The Morgan fingerprint density at radius 1 is 0.879 bits per heavy atom. The predicted octanol–water partition coefficient (Wildman–Crippen LogP) is 7.05. The molecule has 0 heterocycles. The van der Waals surface area contributed by atoms with Crippen molar-refractivity contribution in [1.82, 2.24) is 0 Å². The fourth-order valence-corrected chi connectivity index (χ4v) is 8.84. The molecule has 33 heavy (non-hydrogen) atoms. The maximum atomic E-state index is 12.5. The molecule has 0 unspecified atom stereocenters. The molecule has 4 heteroatoms. The minimum Gasteiger partial charge on any atom is -0.469 e. The van der Waals surface area contributed by atoms with Gasteiger partial charge in [0, 0.05) is 6.42 Å². The number of hydrogen-bond acceptors (Lipinski definition) is 4. The summed E-state index contributed by atoms with van der Waals surface area (Å²) in [6.07, 6.45) is 12.3. The summed E-state index contributed by atoms with van der Waals surface area (Å²) < 4.78 is 10.2. The van der Waals surface area contributed by atoms with Crippen LogP contribution in [0.4, 0.5) is 0 Å². The molecule has 3 aliphatic carbocycles.